The van der Waals surface area contributed by atoms with Crippen LogP contribution in [0.15, 0.2) is 42.6 Å². The highest BCUT2D eigenvalue weighted by atomic mass is 16.5. The molecule has 1 aromatic carbocycles. The fraction of sp³-hybridized carbons (Fsp3) is 0.429. The Morgan fingerprint density at radius 1 is 1.15 bits per heavy atom. The lowest BCUT2D eigenvalue weighted by Gasteiger charge is -2.16. The van der Waals surface area contributed by atoms with Crippen LogP contribution in [0.25, 0.3) is 0 Å². The monoisotopic (exact) mass is 367 g/mol. The van der Waals surface area contributed by atoms with Crippen LogP contribution in [0.3, 0.4) is 0 Å². The SMILES string of the molecule is O=C(Nc1ccc(N2CCCC2)nc1)c1ccc(OC[C@H]2CCCO2)cc1. The van der Waals surface area contributed by atoms with E-state index >= 15 is 0 Å². The molecule has 1 N–H and O–H groups in total. The number of carbonyl (C=O) groups excluding carboxylic acids is 1. The van der Waals surface area contributed by atoms with E-state index in [-0.39, 0.29) is 12.0 Å². The first-order valence-electron chi connectivity index (χ1n) is 9.65. The lowest BCUT2D eigenvalue weighted by atomic mass is 10.2. The predicted octanol–water partition coefficient (Wildman–Crippen LogP) is 3.49. The van der Waals surface area contributed by atoms with Crippen molar-refractivity contribution < 1.29 is 14.3 Å². The van der Waals surface area contributed by atoms with E-state index in [9.17, 15) is 4.79 Å². The molecule has 2 aliphatic rings. The summed E-state index contributed by atoms with van der Waals surface area (Å²) in [7, 11) is 0. The van der Waals surface area contributed by atoms with Crippen molar-refractivity contribution in [3.8, 4) is 5.75 Å². The molecule has 142 valence electrons. The number of nitrogens with zero attached hydrogens (tertiary/aromatic N) is 2. The molecule has 1 atom stereocenters. The number of rotatable bonds is 6. The molecule has 0 bridgehead atoms. The Kier molecular flexibility index (Phi) is 5.53. The minimum Gasteiger partial charge on any atom is -0.491 e. The maximum absolute atomic E-state index is 12.4. The van der Waals surface area contributed by atoms with Crippen LogP contribution in [0.2, 0.25) is 0 Å². The first kappa shape index (κ1) is 17.8. The minimum absolute atomic E-state index is 0.156. The van der Waals surface area contributed by atoms with E-state index in [2.05, 4.69) is 15.2 Å². The number of anilines is 2. The van der Waals surface area contributed by atoms with Crippen LogP contribution in [0, 0.1) is 0 Å². The van der Waals surface area contributed by atoms with Crippen LogP contribution in [-0.2, 0) is 4.74 Å². The van der Waals surface area contributed by atoms with Crippen LogP contribution >= 0.6 is 0 Å². The third kappa shape index (κ3) is 4.57. The summed E-state index contributed by atoms with van der Waals surface area (Å²) in [5.74, 6) is 1.56. The molecule has 2 saturated heterocycles. The average Bonchev–Trinajstić information content (AvgIpc) is 3.41. The second-order valence-electron chi connectivity index (χ2n) is 7.02. The van der Waals surface area contributed by atoms with Crippen LogP contribution in [0.1, 0.15) is 36.0 Å². The molecule has 27 heavy (non-hydrogen) atoms. The van der Waals surface area contributed by atoms with Gasteiger partial charge in [0.1, 0.15) is 18.2 Å². The Morgan fingerprint density at radius 2 is 1.96 bits per heavy atom. The lowest BCUT2D eigenvalue weighted by Crippen LogP contribution is -2.19. The van der Waals surface area contributed by atoms with Crippen molar-refractivity contribution in [3.05, 3.63) is 48.2 Å². The van der Waals surface area contributed by atoms with Gasteiger partial charge in [0, 0.05) is 25.3 Å². The molecule has 0 saturated carbocycles. The third-order valence-corrected chi connectivity index (χ3v) is 5.01. The summed E-state index contributed by atoms with van der Waals surface area (Å²) in [6.45, 7) is 3.49. The normalized spacial score (nSPS) is 19.3. The van der Waals surface area contributed by atoms with Gasteiger partial charge in [0.05, 0.1) is 18.0 Å². The molecule has 6 heteroatoms. The summed E-state index contributed by atoms with van der Waals surface area (Å²) >= 11 is 0. The van der Waals surface area contributed by atoms with E-state index in [1.807, 2.05) is 24.3 Å². The summed E-state index contributed by atoms with van der Waals surface area (Å²) in [6, 6.07) is 11.0. The smallest absolute Gasteiger partial charge is 0.255 e. The summed E-state index contributed by atoms with van der Waals surface area (Å²) in [5, 5.41) is 2.89. The molecule has 3 heterocycles. The van der Waals surface area contributed by atoms with Gasteiger partial charge in [-0.1, -0.05) is 0 Å². The highest BCUT2D eigenvalue weighted by Gasteiger charge is 2.16. The van der Waals surface area contributed by atoms with Crippen molar-refractivity contribution in [2.45, 2.75) is 31.8 Å². The topological polar surface area (TPSA) is 63.7 Å². The third-order valence-electron chi connectivity index (χ3n) is 5.01. The lowest BCUT2D eigenvalue weighted by molar-refractivity contribution is 0.0679. The molecule has 0 radical (unpaired) electrons. The largest absolute Gasteiger partial charge is 0.491 e. The molecule has 2 aromatic rings. The zero-order valence-corrected chi connectivity index (χ0v) is 15.4. The molecule has 2 fully saturated rings. The minimum atomic E-state index is -0.156. The molecule has 4 rings (SSSR count). The van der Waals surface area contributed by atoms with Gasteiger partial charge in [-0.3, -0.25) is 4.79 Å². The van der Waals surface area contributed by atoms with Crippen LogP contribution < -0.4 is 15.0 Å². The van der Waals surface area contributed by atoms with Crippen molar-refractivity contribution >= 4 is 17.4 Å². The van der Waals surface area contributed by atoms with Gasteiger partial charge in [-0.25, -0.2) is 4.98 Å². The van der Waals surface area contributed by atoms with Gasteiger partial charge < -0.3 is 19.7 Å². The van der Waals surface area contributed by atoms with Crippen LogP contribution in [0.5, 0.6) is 5.75 Å². The molecule has 0 spiro atoms. The van der Waals surface area contributed by atoms with Crippen LogP contribution in [-0.4, -0.2) is 43.3 Å². The summed E-state index contributed by atoms with van der Waals surface area (Å²) < 4.78 is 11.3. The van der Waals surface area contributed by atoms with E-state index in [4.69, 9.17) is 9.47 Å². The maximum Gasteiger partial charge on any atom is 0.255 e. The van der Waals surface area contributed by atoms with Crippen molar-refractivity contribution in [2.24, 2.45) is 0 Å². The quantitative estimate of drug-likeness (QED) is 0.847. The average molecular weight is 367 g/mol. The van der Waals surface area contributed by atoms with Gasteiger partial charge in [0.25, 0.3) is 5.91 Å². The van der Waals surface area contributed by atoms with Gasteiger partial charge in [-0.05, 0) is 62.1 Å². The number of hydrogen-bond acceptors (Lipinski definition) is 5. The van der Waals surface area contributed by atoms with Crippen molar-refractivity contribution in [1.29, 1.82) is 0 Å². The Labute approximate surface area is 159 Å². The Bertz CT molecular complexity index is 749. The second-order valence-corrected chi connectivity index (χ2v) is 7.02. The van der Waals surface area contributed by atoms with Gasteiger partial charge in [0.15, 0.2) is 0 Å². The molecule has 1 amide bonds. The fourth-order valence-electron chi connectivity index (χ4n) is 3.46. The summed E-state index contributed by atoms with van der Waals surface area (Å²) in [6.07, 6.45) is 6.47. The molecule has 2 aliphatic heterocycles. The highest BCUT2D eigenvalue weighted by Crippen LogP contribution is 2.20. The van der Waals surface area contributed by atoms with E-state index in [0.717, 1.165) is 44.1 Å². The van der Waals surface area contributed by atoms with Gasteiger partial charge in [-0.15, -0.1) is 0 Å². The van der Waals surface area contributed by atoms with Crippen molar-refractivity contribution in [2.75, 3.05) is 36.5 Å². The maximum atomic E-state index is 12.4. The Hall–Kier alpha value is -2.60. The fourth-order valence-corrected chi connectivity index (χ4v) is 3.46. The number of aromatic nitrogens is 1. The van der Waals surface area contributed by atoms with Gasteiger partial charge in [0.2, 0.25) is 0 Å². The standard InChI is InChI=1S/C21H25N3O3/c25-21(23-17-7-10-20(22-14-17)24-11-1-2-12-24)16-5-8-18(9-6-16)27-15-19-4-3-13-26-19/h5-10,14,19H,1-4,11-13,15H2,(H,23,25)/t19-/m1/s1. The molecule has 0 unspecified atom stereocenters. The van der Waals surface area contributed by atoms with Gasteiger partial charge >= 0.3 is 0 Å². The number of nitrogens with one attached hydrogen (secondary N) is 1. The number of hydrogen-bond donors (Lipinski definition) is 1. The molecular weight excluding hydrogens is 342 g/mol. The molecule has 1 aromatic heterocycles. The first-order chi connectivity index (χ1) is 13.3. The molecule has 6 nitrogen and oxygen atoms in total. The van der Waals surface area contributed by atoms with E-state index < -0.39 is 0 Å². The highest BCUT2D eigenvalue weighted by molar-refractivity contribution is 6.04. The number of pyridine rings is 1. The van der Waals surface area contributed by atoms with Crippen LogP contribution in [0.4, 0.5) is 11.5 Å². The Morgan fingerprint density at radius 3 is 2.63 bits per heavy atom. The Balaban J connectivity index is 1.30. The molecule has 0 aliphatic carbocycles. The number of ether oxygens (including phenoxy) is 2. The van der Waals surface area contributed by atoms with Crippen molar-refractivity contribution in [3.63, 3.8) is 0 Å². The number of amides is 1. The zero-order chi connectivity index (χ0) is 18.5. The van der Waals surface area contributed by atoms with E-state index in [1.165, 1.54) is 12.8 Å². The first-order valence-corrected chi connectivity index (χ1v) is 9.65. The molecular formula is C21H25N3O3. The predicted molar refractivity (Wildman–Crippen MR) is 105 cm³/mol. The van der Waals surface area contributed by atoms with E-state index in [0.29, 0.717) is 17.9 Å². The van der Waals surface area contributed by atoms with Gasteiger partial charge in [-0.2, -0.15) is 0 Å². The van der Waals surface area contributed by atoms with E-state index in [1.54, 1.807) is 18.3 Å². The zero-order valence-electron chi connectivity index (χ0n) is 15.4. The number of benzene rings is 1. The second kappa shape index (κ2) is 8.39. The number of carbonyl (C=O) groups is 1. The summed E-state index contributed by atoms with van der Waals surface area (Å²) in [4.78, 5) is 19.2. The summed E-state index contributed by atoms with van der Waals surface area (Å²) in [5.41, 5.74) is 1.28. The van der Waals surface area contributed by atoms with Crippen molar-refractivity contribution in [1.82, 2.24) is 4.98 Å².